The van der Waals surface area contributed by atoms with Gasteiger partial charge >= 0.3 is 6.61 Å². The fourth-order valence-corrected chi connectivity index (χ4v) is 1.89. The highest BCUT2D eigenvalue weighted by molar-refractivity contribution is 14.0. The maximum Gasteiger partial charge on any atom is 0.387 e. The fourth-order valence-electron chi connectivity index (χ4n) is 1.89. The van der Waals surface area contributed by atoms with Crippen molar-refractivity contribution in [1.82, 2.24) is 10.6 Å². The van der Waals surface area contributed by atoms with Crippen LogP contribution in [0.4, 0.5) is 8.78 Å². The van der Waals surface area contributed by atoms with Gasteiger partial charge in [-0.15, -0.1) is 24.0 Å². The van der Waals surface area contributed by atoms with Gasteiger partial charge in [-0.25, -0.2) is 4.99 Å². The van der Waals surface area contributed by atoms with Crippen molar-refractivity contribution in [2.75, 3.05) is 20.2 Å². The van der Waals surface area contributed by atoms with E-state index in [1.165, 1.54) is 13.2 Å². The molecule has 0 saturated carbocycles. The van der Waals surface area contributed by atoms with E-state index in [0.29, 0.717) is 17.3 Å². The summed E-state index contributed by atoms with van der Waals surface area (Å²) in [7, 11) is 1.47. The summed E-state index contributed by atoms with van der Waals surface area (Å²) in [6.07, 6.45) is 2.12. The van der Waals surface area contributed by atoms with Crippen LogP contribution in [0.3, 0.4) is 0 Å². The molecule has 24 heavy (non-hydrogen) atoms. The van der Waals surface area contributed by atoms with Crippen LogP contribution in [0.5, 0.6) is 11.5 Å². The van der Waals surface area contributed by atoms with Crippen molar-refractivity contribution >= 4 is 29.9 Å². The van der Waals surface area contributed by atoms with E-state index in [9.17, 15) is 8.78 Å². The van der Waals surface area contributed by atoms with Crippen molar-refractivity contribution in [3.63, 3.8) is 0 Å². The number of alkyl halides is 2. The molecule has 0 aromatic heterocycles. The van der Waals surface area contributed by atoms with Crippen molar-refractivity contribution in [3.8, 4) is 11.5 Å². The van der Waals surface area contributed by atoms with Crippen molar-refractivity contribution in [1.29, 1.82) is 0 Å². The molecule has 2 N–H and O–H groups in total. The molecule has 0 fully saturated rings. The summed E-state index contributed by atoms with van der Waals surface area (Å²) in [6, 6.07) is 4.81. The van der Waals surface area contributed by atoms with Gasteiger partial charge in [-0.1, -0.05) is 13.3 Å². The Labute approximate surface area is 159 Å². The first-order valence-corrected chi connectivity index (χ1v) is 7.74. The van der Waals surface area contributed by atoms with Crippen molar-refractivity contribution in [3.05, 3.63) is 23.8 Å². The zero-order chi connectivity index (χ0) is 17.1. The number of ether oxygens (including phenoxy) is 2. The minimum Gasteiger partial charge on any atom is -0.497 e. The molecule has 8 heteroatoms. The number of hydrogen-bond donors (Lipinski definition) is 2. The molecule has 0 heterocycles. The number of aliphatic imine (C=N–C) groups is 1. The third kappa shape index (κ3) is 8.51. The minimum absolute atomic E-state index is 0. The molecule has 0 atom stereocenters. The summed E-state index contributed by atoms with van der Waals surface area (Å²) in [5, 5.41) is 6.32. The van der Waals surface area contributed by atoms with E-state index in [4.69, 9.17) is 4.74 Å². The molecule has 1 aromatic carbocycles. The first-order valence-electron chi connectivity index (χ1n) is 7.74. The standard InChI is InChI=1S/C16H25F2N3O2.HI/c1-4-6-9-20-16(19-5-2)21-11-12-7-8-13(22-3)10-14(12)23-15(17)18;/h7-8,10,15H,4-6,9,11H2,1-3H3,(H2,19,20,21);1H. The van der Waals surface area contributed by atoms with Gasteiger partial charge in [0.05, 0.1) is 13.7 Å². The Hall–Kier alpha value is -1.32. The topological polar surface area (TPSA) is 54.9 Å². The summed E-state index contributed by atoms with van der Waals surface area (Å²) in [5.41, 5.74) is 0.568. The van der Waals surface area contributed by atoms with Crippen LogP contribution < -0.4 is 20.1 Å². The number of benzene rings is 1. The molecule has 0 amide bonds. The molecule has 0 spiro atoms. The molecule has 5 nitrogen and oxygen atoms in total. The van der Waals surface area contributed by atoms with E-state index in [2.05, 4.69) is 27.3 Å². The van der Waals surface area contributed by atoms with E-state index in [0.717, 1.165) is 25.9 Å². The summed E-state index contributed by atoms with van der Waals surface area (Å²) < 4.78 is 34.7. The second-order valence-corrected chi connectivity index (χ2v) is 4.83. The zero-order valence-corrected chi connectivity index (χ0v) is 16.6. The van der Waals surface area contributed by atoms with E-state index >= 15 is 0 Å². The van der Waals surface area contributed by atoms with Gasteiger partial charge in [0.1, 0.15) is 11.5 Å². The molecular formula is C16H26F2IN3O2. The number of nitrogens with one attached hydrogen (secondary N) is 2. The largest absolute Gasteiger partial charge is 0.497 e. The smallest absolute Gasteiger partial charge is 0.387 e. The molecule has 1 aromatic rings. The molecule has 138 valence electrons. The zero-order valence-electron chi connectivity index (χ0n) is 14.3. The SMILES string of the molecule is CCCCNC(=NCc1ccc(OC)cc1OC(F)F)NCC.I. The number of methoxy groups -OCH3 is 1. The average molecular weight is 457 g/mol. The fraction of sp³-hybridized carbons (Fsp3) is 0.562. The Kier molecular flexibility index (Phi) is 12.3. The maximum atomic E-state index is 12.5. The van der Waals surface area contributed by atoms with Gasteiger partial charge in [0, 0.05) is 24.7 Å². The average Bonchev–Trinajstić information content (AvgIpc) is 2.53. The van der Waals surface area contributed by atoms with E-state index < -0.39 is 6.61 Å². The van der Waals surface area contributed by atoms with E-state index in [1.54, 1.807) is 12.1 Å². The van der Waals surface area contributed by atoms with Gasteiger partial charge < -0.3 is 20.1 Å². The highest BCUT2D eigenvalue weighted by Gasteiger charge is 2.11. The first-order chi connectivity index (χ1) is 11.1. The minimum atomic E-state index is -2.89. The summed E-state index contributed by atoms with van der Waals surface area (Å²) in [5.74, 6) is 1.19. The second kappa shape index (κ2) is 13.0. The Bertz CT molecular complexity index is 502. The molecule has 1 rings (SSSR count). The molecule has 0 saturated heterocycles. The van der Waals surface area contributed by atoms with Crippen LogP contribution in [-0.4, -0.2) is 32.8 Å². The first kappa shape index (κ1) is 22.7. The normalized spacial score (nSPS) is 11.0. The lowest BCUT2D eigenvalue weighted by Crippen LogP contribution is -2.37. The van der Waals surface area contributed by atoms with Gasteiger partial charge in [-0.05, 0) is 25.5 Å². The van der Waals surface area contributed by atoms with E-state index in [-0.39, 0.29) is 36.3 Å². The Morgan fingerprint density at radius 1 is 1.25 bits per heavy atom. The Morgan fingerprint density at radius 2 is 2.00 bits per heavy atom. The predicted octanol–water partition coefficient (Wildman–Crippen LogP) is 3.77. The van der Waals surface area contributed by atoms with Crippen LogP contribution in [0.2, 0.25) is 0 Å². The number of guanidine groups is 1. The van der Waals surface area contributed by atoms with Crippen molar-refractivity contribution in [2.45, 2.75) is 39.8 Å². The lowest BCUT2D eigenvalue weighted by atomic mass is 10.2. The monoisotopic (exact) mass is 457 g/mol. The predicted molar refractivity (Wildman–Crippen MR) is 103 cm³/mol. The van der Waals surface area contributed by atoms with Crippen LogP contribution in [0.25, 0.3) is 0 Å². The van der Waals surface area contributed by atoms with Crippen LogP contribution in [0.15, 0.2) is 23.2 Å². The molecule has 0 aliphatic heterocycles. The molecular weight excluding hydrogens is 431 g/mol. The number of hydrogen-bond acceptors (Lipinski definition) is 3. The van der Waals surface area contributed by atoms with Crippen LogP contribution in [0, 0.1) is 0 Å². The van der Waals surface area contributed by atoms with Gasteiger partial charge in [-0.3, -0.25) is 0 Å². The highest BCUT2D eigenvalue weighted by atomic mass is 127. The van der Waals surface area contributed by atoms with Crippen LogP contribution >= 0.6 is 24.0 Å². The number of rotatable bonds is 9. The van der Waals surface area contributed by atoms with Crippen molar-refractivity contribution < 1.29 is 18.3 Å². The van der Waals surface area contributed by atoms with Gasteiger partial charge in [0.15, 0.2) is 5.96 Å². The quantitative estimate of drug-likeness (QED) is 0.257. The van der Waals surface area contributed by atoms with Gasteiger partial charge in [-0.2, -0.15) is 8.78 Å². The van der Waals surface area contributed by atoms with Crippen molar-refractivity contribution in [2.24, 2.45) is 4.99 Å². The molecule has 0 aliphatic carbocycles. The lowest BCUT2D eigenvalue weighted by molar-refractivity contribution is -0.0505. The number of nitrogens with zero attached hydrogens (tertiary/aromatic N) is 1. The molecule has 0 bridgehead atoms. The van der Waals surface area contributed by atoms with Crippen LogP contribution in [0.1, 0.15) is 32.3 Å². The highest BCUT2D eigenvalue weighted by Crippen LogP contribution is 2.27. The summed E-state index contributed by atoms with van der Waals surface area (Å²) in [4.78, 5) is 4.41. The van der Waals surface area contributed by atoms with Gasteiger partial charge in [0.25, 0.3) is 0 Å². The molecule has 0 unspecified atom stereocenters. The summed E-state index contributed by atoms with van der Waals surface area (Å²) in [6.45, 7) is 2.95. The maximum absolute atomic E-state index is 12.5. The van der Waals surface area contributed by atoms with Gasteiger partial charge in [0.2, 0.25) is 0 Å². The third-order valence-corrected chi connectivity index (χ3v) is 3.06. The second-order valence-electron chi connectivity index (χ2n) is 4.83. The lowest BCUT2D eigenvalue weighted by Gasteiger charge is -2.13. The van der Waals surface area contributed by atoms with Crippen LogP contribution in [-0.2, 0) is 6.54 Å². The number of unbranched alkanes of at least 4 members (excludes halogenated alkanes) is 1. The summed E-state index contributed by atoms with van der Waals surface area (Å²) >= 11 is 0. The third-order valence-electron chi connectivity index (χ3n) is 3.06. The Balaban J connectivity index is 0.00000529. The molecule has 0 radical (unpaired) electrons. The Morgan fingerprint density at radius 3 is 2.58 bits per heavy atom. The molecule has 0 aliphatic rings. The van der Waals surface area contributed by atoms with E-state index in [1.807, 2.05) is 6.92 Å². The number of halogens is 3.